The van der Waals surface area contributed by atoms with Crippen molar-refractivity contribution in [2.24, 2.45) is 7.05 Å². The second-order valence-corrected chi connectivity index (χ2v) is 6.58. The minimum Gasteiger partial charge on any atom is -0.491 e. The maximum absolute atomic E-state index is 13.7. The zero-order valence-corrected chi connectivity index (χ0v) is 15.3. The van der Waals surface area contributed by atoms with Gasteiger partial charge in [-0.3, -0.25) is 5.32 Å². The van der Waals surface area contributed by atoms with Crippen LogP contribution in [-0.2, 0) is 13.6 Å². The molecule has 136 valence electrons. The van der Waals surface area contributed by atoms with E-state index < -0.39 is 0 Å². The molecule has 26 heavy (non-hydrogen) atoms. The fraction of sp³-hybridized carbons (Fsp3) is 0.286. The van der Waals surface area contributed by atoms with Crippen LogP contribution in [0.25, 0.3) is 0 Å². The van der Waals surface area contributed by atoms with Gasteiger partial charge in [-0.25, -0.2) is 9.37 Å². The van der Waals surface area contributed by atoms with Crippen LogP contribution in [0, 0.1) is 5.82 Å². The summed E-state index contributed by atoms with van der Waals surface area (Å²) in [4.78, 5) is 4.44. The molecule has 0 aliphatic heterocycles. The number of aromatic nitrogens is 2. The van der Waals surface area contributed by atoms with Crippen molar-refractivity contribution in [2.75, 3.05) is 0 Å². The molecule has 1 atom stereocenters. The Bertz CT molecular complexity index is 842. The van der Waals surface area contributed by atoms with Gasteiger partial charge in [-0.1, -0.05) is 24.3 Å². The topological polar surface area (TPSA) is 39.1 Å². The van der Waals surface area contributed by atoms with Gasteiger partial charge in [-0.15, -0.1) is 0 Å². The predicted molar refractivity (Wildman–Crippen MR) is 100 cm³/mol. The minimum absolute atomic E-state index is 0.153. The van der Waals surface area contributed by atoms with Crippen LogP contribution in [0.5, 0.6) is 5.75 Å². The van der Waals surface area contributed by atoms with Gasteiger partial charge >= 0.3 is 0 Å². The van der Waals surface area contributed by atoms with Crippen LogP contribution >= 0.6 is 0 Å². The number of imidazole rings is 1. The number of halogens is 1. The summed E-state index contributed by atoms with van der Waals surface area (Å²) < 4.78 is 21.3. The molecule has 5 heteroatoms. The van der Waals surface area contributed by atoms with Crippen LogP contribution in [0.3, 0.4) is 0 Å². The maximum Gasteiger partial charge on any atom is 0.130 e. The van der Waals surface area contributed by atoms with Gasteiger partial charge in [0.15, 0.2) is 0 Å². The summed E-state index contributed by atoms with van der Waals surface area (Å²) in [6, 6.07) is 14.4. The number of hydrogen-bond donors (Lipinski definition) is 1. The van der Waals surface area contributed by atoms with Crippen molar-refractivity contribution in [2.45, 2.75) is 32.5 Å². The van der Waals surface area contributed by atoms with E-state index in [4.69, 9.17) is 4.74 Å². The Morgan fingerprint density at radius 2 is 1.92 bits per heavy atom. The van der Waals surface area contributed by atoms with Gasteiger partial charge in [0.2, 0.25) is 0 Å². The van der Waals surface area contributed by atoms with Crippen LogP contribution in [0.1, 0.15) is 36.8 Å². The van der Waals surface area contributed by atoms with E-state index in [-0.39, 0.29) is 18.0 Å². The van der Waals surface area contributed by atoms with Crippen molar-refractivity contribution in [1.29, 1.82) is 0 Å². The monoisotopic (exact) mass is 353 g/mol. The first-order valence-electron chi connectivity index (χ1n) is 8.74. The highest BCUT2D eigenvalue weighted by molar-refractivity contribution is 5.29. The van der Waals surface area contributed by atoms with Crippen molar-refractivity contribution < 1.29 is 9.13 Å². The number of ether oxygens (including phenoxy) is 1. The highest BCUT2D eigenvalue weighted by atomic mass is 19.1. The van der Waals surface area contributed by atoms with Crippen molar-refractivity contribution >= 4 is 0 Å². The number of benzene rings is 2. The molecule has 1 unspecified atom stereocenters. The maximum atomic E-state index is 13.7. The largest absolute Gasteiger partial charge is 0.491 e. The van der Waals surface area contributed by atoms with Gasteiger partial charge in [0, 0.05) is 26.0 Å². The number of hydrogen-bond acceptors (Lipinski definition) is 3. The molecule has 0 amide bonds. The van der Waals surface area contributed by atoms with Gasteiger partial charge in [0.05, 0.1) is 12.1 Å². The van der Waals surface area contributed by atoms with Crippen molar-refractivity contribution in [1.82, 2.24) is 14.9 Å². The Morgan fingerprint density at radius 1 is 1.15 bits per heavy atom. The highest BCUT2D eigenvalue weighted by Gasteiger charge is 2.18. The number of nitrogens with zero attached hydrogens (tertiary/aromatic N) is 2. The Morgan fingerprint density at radius 3 is 2.54 bits per heavy atom. The number of rotatable bonds is 7. The fourth-order valence-corrected chi connectivity index (χ4v) is 2.88. The van der Waals surface area contributed by atoms with Crippen molar-refractivity contribution in [3.63, 3.8) is 0 Å². The quantitative estimate of drug-likeness (QED) is 0.691. The molecule has 1 aromatic heterocycles. The first-order valence-corrected chi connectivity index (χ1v) is 8.74. The lowest BCUT2D eigenvalue weighted by atomic mass is 10.1. The van der Waals surface area contributed by atoms with Gasteiger partial charge in [0.25, 0.3) is 0 Å². The molecule has 0 saturated carbocycles. The van der Waals surface area contributed by atoms with E-state index in [0.717, 1.165) is 22.7 Å². The molecule has 0 spiro atoms. The SMILES string of the molecule is CC(C)Oc1ccc(CNC(c2cccc(F)c2)c2nccn2C)cc1. The van der Waals surface area contributed by atoms with E-state index in [9.17, 15) is 4.39 Å². The molecule has 0 saturated heterocycles. The van der Waals surface area contributed by atoms with E-state index in [1.165, 1.54) is 6.07 Å². The third kappa shape index (κ3) is 4.49. The smallest absolute Gasteiger partial charge is 0.130 e. The Balaban J connectivity index is 1.77. The van der Waals surface area contributed by atoms with E-state index in [1.807, 2.05) is 62.0 Å². The summed E-state index contributed by atoms with van der Waals surface area (Å²) in [5.41, 5.74) is 1.97. The molecule has 0 aliphatic rings. The summed E-state index contributed by atoms with van der Waals surface area (Å²) in [6.07, 6.45) is 3.79. The first-order chi connectivity index (χ1) is 12.5. The second-order valence-electron chi connectivity index (χ2n) is 6.58. The molecule has 0 radical (unpaired) electrons. The zero-order valence-electron chi connectivity index (χ0n) is 15.3. The molecule has 4 nitrogen and oxygen atoms in total. The van der Waals surface area contributed by atoms with Gasteiger partial charge in [-0.05, 0) is 49.2 Å². The van der Waals surface area contributed by atoms with Gasteiger partial charge < -0.3 is 9.30 Å². The van der Waals surface area contributed by atoms with Gasteiger partial charge in [-0.2, -0.15) is 0 Å². The molecule has 0 fully saturated rings. The van der Waals surface area contributed by atoms with Crippen molar-refractivity contribution in [3.8, 4) is 5.75 Å². The highest BCUT2D eigenvalue weighted by Crippen LogP contribution is 2.22. The zero-order chi connectivity index (χ0) is 18.5. The average molecular weight is 353 g/mol. The third-order valence-corrected chi connectivity index (χ3v) is 4.10. The van der Waals surface area contributed by atoms with Crippen LogP contribution in [0.2, 0.25) is 0 Å². The van der Waals surface area contributed by atoms with Crippen molar-refractivity contribution in [3.05, 3.63) is 83.7 Å². The molecule has 1 N–H and O–H groups in total. The molecule has 3 aromatic rings. The molecule has 1 heterocycles. The van der Waals surface area contributed by atoms with E-state index in [0.29, 0.717) is 6.54 Å². The van der Waals surface area contributed by atoms with Gasteiger partial charge in [0.1, 0.15) is 17.4 Å². The summed E-state index contributed by atoms with van der Waals surface area (Å²) in [5, 5.41) is 3.49. The summed E-state index contributed by atoms with van der Waals surface area (Å²) in [6.45, 7) is 4.65. The lowest BCUT2D eigenvalue weighted by Crippen LogP contribution is -2.25. The number of nitrogens with one attached hydrogen (secondary N) is 1. The molecule has 0 aliphatic carbocycles. The third-order valence-electron chi connectivity index (χ3n) is 4.10. The lowest BCUT2D eigenvalue weighted by molar-refractivity contribution is 0.242. The molecular weight excluding hydrogens is 329 g/mol. The molecule has 0 bridgehead atoms. The molecular formula is C21H24FN3O. The predicted octanol–water partition coefficient (Wildman–Crippen LogP) is 4.23. The Kier molecular flexibility index (Phi) is 5.68. The lowest BCUT2D eigenvalue weighted by Gasteiger charge is -2.19. The fourth-order valence-electron chi connectivity index (χ4n) is 2.88. The molecule has 3 rings (SSSR count). The first kappa shape index (κ1) is 18.1. The summed E-state index contributed by atoms with van der Waals surface area (Å²) >= 11 is 0. The minimum atomic E-state index is -0.251. The molecule has 2 aromatic carbocycles. The van der Waals surface area contributed by atoms with Crippen LogP contribution in [0.15, 0.2) is 60.9 Å². The van der Waals surface area contributed by atoms with E-state index in [1.54, 1.807) is 18.3 Å². The Hall–Kier alpha value is -2.66. The second kappa shape index (κ2) is 8.15. The van der Waals surface area contributed by atoms with Crippen LogP contribution < -0.4 is 10.1 Å². The van der Waals surface area contributed by atoms with E-state index >= 15 is 0 Å². The van der Waals surface area contributed by atoms with Crippen LogP contribution in [-0.4, -0.2) is 15.7 Å². The van der Waals surface area contributed by atoms with Crippen LogP contribution in [0.4, 0.5) is 4.39 Å². The number of aryl methyl sites for hydroxylation is 1. The van der Waals surface area contributed by atoms with E-state index in [2.05, 4.69) is 10.3 Å². The standard InChI is InChI=1S/C21H24FN3O/c1-15(2)26-19-9-7-16(8-10-19)14-24-20(21-23-11-12-25(21)3)17-5-4-6-18(22)13-17/h4-13,15,20,24H,14H2,1-3H3. The summed E-state index contributed by atoms with van der Waals surface area (Å²) in [7, 11) is 1.94. The Labute approximate surface area is 153 Å². The average Bonchev–Trinajstić information content (AvgIpc) is 3.02. The normalized spacial score (nSPS) is 12.3. The summed E-state index contributed by atoms with van der Waals surface area (Å²) in [5.74, 6) is 1.45.